The zero-order valence-electron chi connectivity index (χ0n) is 11.1. The fourth-order valence-electron chi connectivity index (χ4n) is 1.53. The van der Waals surface area contributed by atoms with Crippen molar-refractivity contribution in [3.05, 3.63) is 16.1 Å². The molecule has 0 fully saturated rings. The summed E-state index contributed by atoms with van der Waals surface area (Å²) in [6.45, 7) is 4.07. The van der Waals surface area contributed by atoms with E-state index in [9.17, 15) is 9.59 Å². The highest BCUT2D eigenvalue weighted by molar-refractivity contribution is 7.13. The molecule has 1 aromatic heterocycles. The van der Waals surface area contributed by atoms with E-state index in [1.807, 2.05) is 6.92 Å². The summed E-state index contributed by atoms with van der Waals surface area (Å²) >= 11 is 1.39. The SMILES string of the molecule is CCc1ncc(C(=O)N(C)CC(C)C(=O)OC)s1. The summed E-state index contributed by atoms with van der Waals surface area (Å²) in [4.78, 5) is 29.6. The monoisotopic (exact) mass is 270 g/mol. The van der Waals surface area contributed by atoms with E-state index in [4.69, 9.17) is 0 Å². The summed E-state index contributed by atoms with van der Waals surface area (Å²) in [7, 11) is 3.02. The van der Waals surface area contributed by atoms with E-state index in [1.165, 1.54) is 23.3 Å². The standard InChI is InChI=1S/C12H18N2O3S/c1-5-10-13-6-9(18-10)11(15)14(3)7-8(2)12(16)17-4/h6,8H,5,7H2,1-4H3. The molecule has 0 bridgehead atoms. The zero-order chi connectivity index (χ0) is 13.7. The number of methoxy groups -OCH3 is 1. The lowest BCUT2D eigenvalue weighted by Crippen LogP contribution is -2.33. The molecule has 1 unspecified atom stereocenters. The zero-order valence-corrected chi connectivity index (χ0v) is 11.9. The van der Waals surface area contributed by atoms with Crippen LogP contribution in [0.4, 0.5) is 0 Å². The van der Waals surface area contributed by atoms with Gasteiger partial charge in [0.2, 0.25) is 0 Å². The number of nitrogens with zero attached hydrogens (tertiary/aromatic N) is 2. The van der Waals surface area contributed by atoms with Gasteiger partial charge in [0.25, 0.3) is 5.91 Å². The van der Waals surface area contributed by atoms with Gasteiger partial charge < -0.3 is 9.64 Å². The largest absolute Gasteiger partial charge is 0.469 e. The van der Waals surface area contributed by atoms with Crippen LogP contribution in [0.2, 0.25) is 0 Å². The van der Waals surface area contributed by atoms with E-state index in [0.29, 0.717) is 11.4 Å². The number of carbonyl (C=O) groups excluding carboxylic acids is 2. The van der Waals surface area contributed by atoms with E-state index in [2.05, 4.69) is 9.72 Å². The molecule has 1 heterocycles. The minimum absolute atomic E-state index is 0.108. The second kappa shape index (κ2) is 6.49. The molecule has 6 heteroatoms. The molecular weight excluding hydrogens is 252 g/mol. The molecule has 0 saturated heterocycles. The molecule has 1 aromatic rings. The van der Waals surface area contributed by atoms with E-state index in [-0.39, 0.29) is 17.8 Å². The van der Waals surface area contributed by atoms with Gasteiger partial charge in [0, 0.05) is 13.6 Å². The Morgan fingerprint density at radius 3 is 2.72 bits per heavy atom. The second-order valence-electron chi connectivity index (χ2n) is 4.08. The van der Waals surface area contributed by atoms with Crippen molar-refractivity contribution >= 4 is 23.2 Å². The molecule has 1 atom stereocenters. The Hall–Kier alpha value is -1.43. The number of aryl methyl sites for hydroxylation is 1. The van der Waals surface area contributed by atoms with Crippen molar-refractivity contribution in [3.8, 4) is 0 Å². The highest BCUT2D eigenvalue weighted by atomic mass is 32.1. The summed E-state index contributed by atoms with van der Waals surface area (Å²) in [5, 5.41) is 0.938. The number of rotatable bonds is 5. The van der Waals surface area contributed by atoms with Crippen molar-refractivity contribution in [2.45, 2.75) is 20.3 Å². The molecule has 0 aliphatic heterocycles. The number of aromatic nitrogens is 1. The van der Waals surface area contributed by atoms with E-state index in [1.54, 1.807) is 20.2 Å². The fourth-order valence-corrected chi connectivity index (χ4v) is 2.38. The first-order valence-corrected chi connectivity index (χ1v) is 6.59. The smallest absolute Gasteiger partial charge is 0.310 e. The van der Waals surface area contributed by atoms with E-state index < -0.39 is 0 Å². The number of esters is 1. The Bertz CT molecular complexity index is 431. The van der Waals surface area contributed by atoms with Gasteiger partial charge in [0.1, 0.15) is 4.88 Å². The first-order valence-electron chi connectivity index (χ1n) is 5.77. The van der Waals surface area contributed by atoms with Crippen LogP contribution < -0.4 is 0 Å². The maximum atomic E-state index is 12.1. The average molecular weight is 270 g/mol. The summed E-state index contributed by atoms with van der Waals surface area (Å²) in [5.41, 5.74) is 0. The predicted octanol–water partition coefficient (Wildman–Crippen LogP) is 1.59. The average Bonchev–Trinajstić information content (AvgIpc) is 2.85. The van der Waals surface area contributed by atoms with Crippen molar-refractivity contribution in [1.82, 2.24) is 9.88 Å². The van der Waals surface area contributed by atoms with Gasteiger partial charge in [-0.05, 0) is 6.42 Å². The Morgan fingerprint density at radius 1 is 1.56 bits per heavy atom. The van der Waals surface area contributed by atoms with Crippen LogP contribution in [0.15, 0.2) is 6.20 Å². The molecule has 0 radical (unpaired) electrons. The third-order valence-corrected chi connectivity index (χ3v) is 3.69. The van der Waals surface area contributed by atoms with Crippen molar-refractivity contribution < 1.29 is 14.3 Å². The van der Waals surface area contributed by atoms with Gasteiger partial charge in [0.15, 0.2) is 0 Å². The van der Waals surface area contributed by atoms with E-state index >= 15 is 0 Å². The minimum Gasteiger partial charge on any atom is -0.469 e. The third-order valence-electron chi connectivity index (χ3n) is 2.56. The lowest BCUT2D eigenvalue weighted by atomic mass is 10.2. The Morgan fingerprint density at radius 2 is 2.22 bits per heavy atom. The Labute approximate surface area is 111 Å². The second-order valence-corrected chi connectivity index (χ2v) is 5.20. The molecule has 0 aliphatic carbocycles. The van der Waals surface area contributed by atoms with Crippen molar-refractivity contribution in [1.29, 1.82) is 0 Å². The van der Waals surface area contributed by atoms with Gasteiger partial charge in [-0.2, -0.15) is 0 Å². The van der Waals surface area contributed by atoms with Crippen LogP contribution in [-0.2, 0) is 16.0 Å². The molecule has 1 rings (SSSR count). The summed E-state index contributed by atoms with van der Waals surface area (Å²) in [6.07, 6.45) is 2.41. The van der Waals surface area contributed by atoms with Gasteiger partial charge in [0.05, 0.1) is 24.2 Å². The Kier molecular flexibility index (Phi) is 5.27. The number of hydrogen-bond acceptors (Lipinski definition) is 5. The fraction of sp³-hybridized carbons (Fsp3) is 0.583. The molecule has 5 nitrogen and oxygen atoms in total. The normalized spacial score (nSPS) is 12.0. The highest BCUT2D eigenvalue weighted by Gasteiger charge is 2.20. The molecule has 0 spiro atoms. The number of amides is 1. The van der Waals surface area contributed by atoms with Crippen molar-refractivity contribution in [3.63, 3.8) is 0 Å². The van der Waals surface area contributed by atoms with Gasteiger partial charge in [-0.25, -0.2) is 4.98 Å². The highest BCUT2D eigenvalue weighted by Crippen LogP contribution is 2.15. The van der Waals surface area contributed by atoms with Gasteiger partial charge in [-0.15, -0.1) is 11.3 Å². The van der Waals surface area contributed by atoms with E-state index in [0.717, 1.165) is 11.4 Å². The minimum atomic E-state index is -0.331. The van der Waals surface area contributed by atoms with Crippen molar-refractivity contribution in [2.75, 3.05) is 20.7 Å². The third kappa shape index (κ3) is 3.53. The van der Waals surface area contributed by atoms with Gasteiger partial charge >= 0.3 is 5.97 Å². The van der Waals surface area contributed by atoms with Gasteiger partial charge in [-0.3, -0.25) is 9.59 Å². The van der Waals surface area contributed by atoms with Crippen molar-refractivity contribution in [2.24, 2.45) is 5.92 Å². The number of carbonyl (C=O) groups is 2. The summed E-state index contributed by atoms with van der Waals surface area (Å²) in [5.74, 6) is -0.751. The van der Waals surface area contributed by atoms with Crippen LogP contribution in [0.25, 0.3) is 0 Å². The summed E-state index contributed by atoms with van der Waals surface area (Å²) < 4.78 is 4.63. The number of ether oxygens (including phenoxy) is 1. The van der Waals surface area contributed by atoms with Crippen LogP contribution in [0.3, 0.4) is 0 Å². The lowest BCUT2D eigenvalue weighted by molar-refractivity contribution is -0.145. The molecule has 0 saturated carbocycles. The lowest BCUT2D eigenvalue weighted by Gasteiger charge is -2.19. The molecule has 1 amide bonds. The molecule has 0 aliphatic rings. The number of hydrogen-bond donors (Lipinski definition) is 0. The van der Waals surface area contributed by atoms with Crippen LogP contribution in [0.5, 0.6) is 0 Å². The molecule has 0 aromatic carbocycles. The first kappa shape index (κ1) is 14.6. The predicted molar refractivity (Wildman–Crippen MR) is 69.6 cm³/mol. The first-order chi connectivity index (χ1) is 8.49. The maximum Gasteiger partial charge on any atom is 0.310 e. The van der Waals surface area contributed by atoms with Crippen LogP contribution in [0, 0.1) is 5.92 Å². The van der Waals surface area contributed by atoms with Crippen LogP contribution >= 0.6 is 11.3 Å². The maximum absolute atomic E-state index is 12.1. The number of thiazole rings is 1. The molecule has 18 heavy (non-hydrogen) atoms. The molecule has 0 N–H and O–H groups in total. The van der Waals surface area contributed by atoms with Crippen LogP contribution in [-0.4, -0.2) is 42.5 Å². The van der Waals surface area contributed by atoms with Gasteiger partial charge in [-0.1, -0.05) is 13.8 Å². The quantitative estimate of drug-likeness (QED) is 0.762. The summed E-state index contributed by atoms with van der Waals surface area (Å²) in [6, 6.07) is 0. The Balaban J connectivity index is 2.63. The van der Waals surface area contributed by atoms with Crippen LogP contribution in [0.1, 0.15) is 28.5 Å². The molecule has 100 valence electrons. The molecular formula is C12H18N2O3S. The topological polar surface area (TPSA) is 59.5 Å².